The van der Waals surface area contributed by atoms with Gasteiger partial charge in [-0.1, -0.05) is 29.8 Å². The molecule has 0 aliphatic rings. The van der Waals surface area contributed by atoms with Crippen LogP contribution >= 0.6 is 11.6 Å². The second-order valence-corrected chi connectivity index (χ2v) is 5.78. The van der Waals surface area contributed by atoms with Gasteiger partial charge in [0.1, 0.15) is 22.2 Å². The highest BCUT2D eigenvalue weighted by Gasteiger charge is 2.10. The normalized spacial score (nSPS) is 10.8. The lowest BCUT2D eigenvalue weighted by Crippen LogP contribution is -2.22. The Bertz CT molecular complexity index is 1020. The molecule has 3 aromatic rings. The minimum atomic E-state index is -0.443. The third kappa shape index (κ3) is 4.09. The Hall–Kier alpha value is -3.32. The highest BCUT2D eigenvalue weighted by Crippen LogP contribution is 2.22. The summed E-state index contributed by atoms with van der Waals surface area (Å²) in [5, 5.41) is 8.24. The summed E-state index contributed by atoms with van der Waals surface area (Å²) in [6.45, 7) is 0. The van der Waals surface area contributed by atoms with Gasteiger partial charge in [0, 0.05) is 5.56 Å². The standard InChI is InChI=1S/C19H17ClN4O3/c1-26-15-8-9-17(27-2)13(10-15)11-21-23-16-12-22-24(19(25)18(16)20)14-6-4-3-5-7-14/h3-12,23H,1-2H3/b21-11-. The van der Waals surface area contributed by atoms with E-state index in [0.29, 0.717) is 28.4 Å². The van der Waals surface area contributed by atoms with Crippen LogP contribution in [0.3, 0.4) is 0 Å². The fourth-order valence-electron chi connectivity index (χ4n) is 2.38. The van der Waals surface area contributed by atoms with E-state index in [0.717, 1.165) is 0 Å². The van der Waals surface area contributed by atoms with Crippen LogP contribution in [0.25, 0.3) is 5.69 Å². The van der Waals surface area contributed by atoms with Gasteiger partial charge in [0.15, 0.2) is 0 Å². The van der Waals surface area contributed by atoms with Crippen molar-refractivity contribution in [3.63, 3.8) is 0 Å². The predicted molar refractivity (Wildman–Crippen MR) is 106 cm³/mol. The Morgan fingerprint density at radius 3 is 2.63 bits per heavy atom. The number of para-hydroxylation sites is 1. The van der Waals surface area contributed by atoms with Gasteiger partial charge in [-0.15, -0.1) is 0 Å². The molecule has 1 heterocycles. The molecule has 0 saturated carbocycles. The van der Waals surface area contributed by atoms with Crippen LogP contribution in [0, 0.1) is 0 Å². The Balaban J connectivity index is 1.84. The van der Waals surface area contributed by atoms with E-state index in [-0.39, 0.29) is 5.02 Å². The molecule has 0 aliphatic heterocycles. The van der Waals surface area contributed by atoms with Crippen LogP contribution in [0.5, 0.6) is 11.5 Å². The molecule has 138 valence electrons. The molecule has 0 spiro atoms. The number of ether oxygens (including phenoxy) is 2. The Labute approximate surface area is 160 Å². The molecule has 8 heteroatoms. The van der Waals surface area contributed by atoms with Crippen molar-refractivity contribution in [2.24, 2.45) is 5.10 Å². The number of hydrogen-bond acceptors (Lipinski definition) is 6. The zero-order chi connectivity index (χ0) is 19.2. The second kappa shape index (κ2) is 8.37. The maximum atomic E-state index is 12.4. The number of methoxy groups -OCH3 is 2. The number of benzene rings is 2. The summed E-state index contributed by atoms with van der Waals surface area (Å²) in [7, 11) is 3.14. The first-order chi connectivity index (χ1) is 13.1. The number of aromatic nitrogens is 2. The molecule has 0 bridgehead atoms. The van der Waals surface area contributed by atoms with Gasteiger partial charge < -0.3 is 9.47 Å². The largest absolute Gasteiger partial charge is 0.497 e. The van der Waals surface area contributed by atoms with Gasteiger partial charge in [0.05, 0.1) is 32.3 Å². The van der Waals surface area contributed by atoms with Gasteiger partial charge in [-0.2, -0.15) is 14.9 Å². The zero-order valence-corrected chi connectivity index (χ0v) is 15.5. The van der Waals surface area contributed by atoms with Gasteiger partial charge in [0.2, 0.25) is 0 Å². The quantitative estimate of drug-likeness (QED) is 0.521. The van der Waals surface area contributed by atoms with Crippen molar-refractivity contribution in [1.29, 1.82) is 0 Å². The van der Waals surface area contributed by atoms with Gasteiger partial charge in [-0.3, -0.25) is 10.2 Å². The minimum absolute atomic E-state index is 0.0105. The van der Waals surface area contributed by atoms with Crippen molar-refractivity contribution in [2.45, 2.75) is 0 Å². The Morgan fingerprint density at radius 1 is 1.15 bits per heavy atom. The number of hydrogen-bond donors (Lipinski definition) is 1. The van der Waals surface area contributed by atoms with E-state index in [1.165, 1.54) is 10.9 Å². The topological polar surface area (TPSA) is 77.7 Å². The molecule has 0 radical (unpaired) electrons. The smallest absolute Gasteiger partial charge is 0.292 e. The maximum absolute atomic E-state index is 12.4. The predicted octanol–water partition coefficient (Wildman–Crippen LogP) is 3.35. The summed E-state index contributed by atoms with van der Waals surface area (Å²) in [5.41, 5.74) is 3.92. The third-order valence-corrected chi connectivity index (χ3v) is 4.11. The summed E-state index contributed by atoms with van der Waals surface area (Å²) in [6.07, 6.45) is 2.98. The van der Waals surface area contributed by atoms with Gasteiger partial charge in [-0.05, 0) is 30.3 Å². The van der Waals surface area contributed by atoms with Crippen molar-refractivity contribution in [3.8, 4) is 17.2 Å². The molecule has 0 saturated heterocycles. The molecule has 0 atom stereocenters. The van der Waals surface area contributed by atoms with Gasteiger partial charge in [0.25, 0.3) is 5.56 Å². The highest BCUT2D eigenvalue weighted by molar-refractivity contribution is 6.32. The molecule has 0 amide bonds. The number of nitrogens with zero attached hydrogens (tertiary/aromatic N) is 3. The Kier molecular flexibility index (Phi) is 5.73. The monoisotopic (exact) mass is 384 g/mol. The number of nitrogens with one attached hydrogen (secondary N) is 1. The number of halogens is 1. The molecule has 7 nitrogen and oxygen atoms in total. The van der Waals surface area contributed by atoms with E-state index < -0.39 is 5.56 Å². The summed E-state index contributed by atoms with van der Waals surface area (Å²) >= 11 is 6.18. The highest BCUT2D eigenvalue weighted by atomic mass is 35.5. The molecule has 1 N–H and O–H groups in total. The van der Waals surface area contributed by atoms with Crippen LogP contribution in [0.1, 0.15) is 5.56 Å². The van der Waals surface area contributed by atoms with Gasteiger partial charge in [-0.25, -0.2) is 0 Å². The van der Waals surface area contributed by atoms with E-state index in [4.69, 9.17) is 21.1 Å². The fraction of sp³-hybridized carbons (Fsp3) is 0.105. The molecule has 0 unspecified atom stereocenters. The molecular formula is C19H17ClN4O3. The van der Waals surface area contributed by atoms with Crippen LogP contribution in [-0.4, -0.2) is 30.2 Å². The van der Waals surface area contributed by atoms with Crippen LogP contribution in [0.15, 0.2) is 64.6 Å². The van der Waals surface area contributed by atoms with Crippen LogP contribution in [-0.2, 0) is 0 Å². The fourth-order valence-corrected chi connectivity index (χ4v) is 2.55. The van der Waals surface area contributed by atoms with Gasteiger partial charge >= 0.3 is 0 Å². The van der Waals surface area contributed by atoms with E-state index in [1.807, 2.05) is 18.2 Å². The molecule has 2 aromatic carbocycles. The van der Waals surface area contributed by atoms with Crippen LogP contribution in [0.4, 0.5) is 5.69 Å². The first-order valence-corrected chi connectivity index (χ1v) is 8.36. The molecule has 0 aliphatic carbocycles. The van der Waals surface area contributed by atoms with Crippen molar-refractivity contribution in [3.05, 3.63) is 75.7 Å². The van der Waals surface area contributed by atoms with Crippen LogP contribution < -0.4 is 20.5 Å². The van der Waals surface area contributed by atoms with Crippen molar-refractivity contribution >= 4 is 23.5 Å². The molecular weight excluding hydrogens is 368 g/mol. The molecule has 3 rings (SSSR count). The first-order valence-electron chi connectivity index (χ1n) is 7.98. The molecule has 0 fully saturated rings. The van der Waals surface area contributed by atoms with E-state index in [2.05, 4.69) is 15.6 Å². The lowest BCUT2D eigenvalue weighted by Gasteiger charge is -2.08. The second-order valence-electron chi connectivity index (χ2n) is 5.40. The third-order valence-electron chi connectivity index (χ3n) is 3.75. The lowest BCUT2D eigenvalue weighted by atomic mass is 10.2. The first kappa shape index (κ1) is 18.5. The Morgan fingerprint density at radius 2 is 1.93 bits per heavy atom. The minimum Gasteiger partial charge on any atom is -0.497 e. The molecule has 27 heavy (non-hydrogen) atoms. The maximum Gasteiger partial charge on any atom is 0.292 e. The summed E-state index contributed by atoms with van der Waals surface area (Å²) in [4.78, 5) is 12.4. The summed E-state index contributed by atoms with van der Waals surface area (Å²) in [6, 6.07) is 14.4. The average molecular weight is 385 g/mol. The van der Waals surface area contributed by atoms with Crippen molar-refractivity contribution < 1.29 is 9.47 Å². The molecule has 1 aromatic heterocycles. The number of hydrazone groups is 1. The average Bonchev–Trinajstić information content (AvgIpc) is 2.71. The number of rotatable bonds is 6. The SMILES string of the molecule is COc1ccc(OC)c(/C=N\Nc2cnn(-c3ccccc3)c(=O)c2Cl)c1. The van der Waals surface area contributed by atoms with E-state index >= 15 is 0 Å². The van der Waals surface area contributed by atoms with Crippen molar-refractivity contribution in [1.82, 2.24) is 9.78 Å². The zero-order valence-electron chi connectivity index (χ0n) is 14.7. The van der Waals surface area contributed by atoms with E-state index in [1.54, 1.807) is 50.8 Å². The number of anilines is 1. The lowest BCUT2D eigenvalue weighted by molar-refractivity contribution is 0.402. The van der Waals surface area contributed by atoms with E-state index in [9.17, 15) is 4.79 Å². The van der Waals surface area contributed by atoms with Crippen LogP contribution in [0.2, 0.25) is 5.02 Å². The van der Waals surface area contributed by atoms with Crippen molar-refractivity contribution in [2.75, 3.05) is 19.6 Å². The summed E-state index contributed by atoms with van der Waals surface area (Å²) in [5.74, 6) is 1.30. The summed E-state index contributed by atoms with van der Waals surface area (Å²) < 4.78 is 11.7.